The molecule has 2 aliphatic heterocycles. The van der Waals surface area contributed by atoms with Crippen molar-refractivity contribution in [2.24, 2.45) is 0 Å². The first kappa shape index (κ1) is 23.9. The second-order valence-electron chi connectivity index (χ2n) is 7.47. The van der Waals surface area contributed by atoms with E-state index in [-0.39, 0.29) is 30.5 Å². The number of piperazine rings is 1. The van der Waals surface area contributed by atoms with Gasteiger partial charge in [0, 0.05) is 38.3 Å². The van der Waals surface area contributed by atoms with Crippen molar-refractivity contribution in [1.29, 1.82) is 0 Å². The van der Waals surface area contributed by atoms with E-state index in [1.54, 1.807) is 11.0 Å². The van der Waals surface area contributed by atoms with E-state index in [1.807, 2.05) is 24.0 Å². The molecule has 0 spiro atoms. The first-order valence-electron chi connectivity index (χ1n) is 10.5. The first-order chi connectivity index (χ1) is 15.4. The summed E-state index contributed by atoms with van der Waals surface area (Å²) < 4.78 is 15.2. The van der Waals surface area contributed by atoms with E-state index in [4.69, 9.17) is 25.8 Å². The number of benzene rings is 1. The minimum Gasteiger partial charge on any atom is -0.466 e. The van der Waals surface area contributed by atoms with Crippen LogP contribution in [0.4, 0.5) is 11.4 Å². The van der Waals surface area contributed by atoms with Crippen LogP contribution in [0.5, 0.6) is 0 Å². The smallest absolute Gasteiger partial charge is 0.355 e. The Labute approximate surface area is 192 Å². The molecule has 0 bridgehead atoms. The first-order valence-corrected chi connectivity index (χ1v) is 10.9. The summed E-state index contributed by atoms with van der Waals surface area (Å²) in [4.78, 5) is 42.3. The van der Waals surface area contributed by atoms with Gasteiger partial charge in [0.2, 0.25) is 5.91 Å². The van der Waals surface area contributed by atoms with Crippen molar-refractivity contribution in [2.75, 3.05) is 63.5 Å². The molecule has 0 N–H and O–H groups in total. The lowest BCUT2D eigenvalue weighted by Gasteiger charge is -2.37. The summed E-state index contributed by atoms with van der Waals surface area (Å²) in [5.41, 5.74) is 1.57. The number of halogens is 1. The lowest BCUT2D eigenvalue weighted by Crippen LogP contribution is -2.48. The average molecular weight is 466 g/mol. The summed E-state index contributed by atoms with van der Waals surface area (Å²) in [5.74, 6) is -1.14. The van der Waals surface area contributed by atoms with Crippen molar-refractivity contribution in [3.8, 4) is 0 Å². The Morgan fingerprint density at radius 3 is 2.34 bits per heavy atom. The van der Waals surface area contributed by atoms with E-state index in [1.165, 1.54) is 14.2 Å². The molecule has 0 atom stereocenters. The predicted octanol–water partition coefficient (Wildman–Crippen LogP) is 2.18. The Kier molecular flexibility index (Phi) is 7.98. The Bertz CT molecular complexity index is 911. The molecule has 10 heteroatoms. The molecule has 9 nitrogen and oxygen atoms in total. The van der Waals surface area contributed by atoms with E-state index in [2.05, 4.69) is 4.90 Å². The van der Waals surface area contributed by atoms with Crippen molar-refractivity contribution >= 4 is 40.8 Å². The molecule has 1 fully saturated rings. The Morgan fingerprint density at radius 1 is 1.06 bits per heavy atom. The zero-order chi connectivity index (χ0) is 23.3. The van der Waals surface area contributed by atoms with Gasteiger partial charge >= 0.3 is 11.9 Å². The molecule has 3 rings (SSSR count). The lowest BCUT2D eigenvalue weighted by molar-refractivity contribution is -0.140. The minimum atomic E-state index is -0.665. The highest BCUT2D eigenvalue weighted by Gasteiger charge is 2.33. The van der Waals surface area contributed by atoms with Crippen LogP contribution in [0.3, 0.4) is 0 Å². The lowest BCUT2D eigenvalue weighted by atomic mass is 10.1. The van der Waals surface area contributed by atoms with Gasteiger partial charge in [0.05, 0.1) is 37.1 Å². The molecule has 32 heavy (non-hydrogen) atoms. The maximum atomic E-state index is 12.5. The number of methoxy groups -OCH3 is 2. The molecule has 0 unspecified atom stereocenters. The third kappa shape index (κ3) is 4.99. The summed E-state index contributed by atoms with van der Waals surface area (Å²) in [7, 11) is 2.49. The maximum absolute atomic E-state index is 12.5. The molecule has 2 heterocycles. The highest BCUT2D eigenvalue weighted by atomic mass is 35.5. The van der Waals surface area contributed by atoms with Crippen LogP contribution in [-0.4, -0.2) is 76.5 Å². The highest BCUT2D eigenvalue weighted by Crippen LogP contribution is 2.34. The normalized spacial score (nSPS) is 16.8. The number of amides is 1. The number of nitrogens with zero attached hydrogens (tertiary/aromatic N) is 3. The van der Waals surface area contributed by atoms with Gasteiger partial charge in [-0.25, -0.2) is 9.59 Å². The van der Waals surface area contributed by atoms with Crippen LogP contribution in [0.1, 0.15) is 19.8 Å². The van der Waals surface area contributed by atoms with Crippen LogP contribution >= 0.6 is 11.6 Å². The van der Waals surface area contributed by atoms with Gasteiger partial charge in [0.25, 0.3) is 0 Å². The van der Waals surface area contributed by atoms with Gasteiger partial charge in [-0.05, 0) is 24.6 Å². The average Bonchev–Trinajstić information content (AvgIpc) is 2.82. The summed E-state index contributed by atoms with van der Waals surface area (Å²) in [6.07, 6.45) is 1.41. The number of carbonyl (C=O) groups is 3. The third-order valence-corrected chi connectivity index (χ3v) is 5.82. The van der Waals surface area contributed by atoms with Crippen molar-refractivity contribution in [1.82, 2.24) is 4.90 Å². The van der Waals surface area contributed by atoms with Gasteiger partial charge < -0.3 is 28.9 Å². The summed E-state index contributed by atoms with van der Waals surface area (Å²) in [6.45, 7) is 4.66. The topological polar surface area (TPSA) is 88.6 Å². The summed E-state index contributed by atoms with van der Waals surface area (Å²) in [6, 6.07) is 5.39. The van der Waals surface area contributed by atoms with Gasteiger partial charge in [-0.3, -0.25) is 4.79 Å². The molecule has 1 amide bonds. The zero-order valence-corrected chi connectivity index (χ0v) is 19.3. The van der Waals surface area contributed by atoms with Gasteiger partial charge in [0.15, 0.2) is 0 Å². The molecule has 1 aromatic rings. The fraction of sp³-hybridized carbons (Fsp3) is 0.500. The molecule has 0 radical (unpaired) electrons. The van der Waals surface area contributed by atoms with Gasteiger partial charge in [-0.2, -0.15) is 0 Å². The molecule has 1 saturated heterocycles. The number of hydrogen-bond acceptors (Lipinski definition) is 8. The predicted molar refractivity (Wildman–Crippen MR) is 120 cm³/mol. The largest absolute Gasteiger partial charge is 0.466 e. The van der Waals surface area contributed by atoms with E-state index < -0.39 is 11.9 Å². The Morgan fingerprint density at radius 2 is 1.75 bits per heavy atom. The number of anilines is 2. The molecule has 0 aromatic heterocycles. The van der Waals surface area contributed by atoms with Crippen molar-refractivity contribution in [3.05, 3.63) is 34.5 Å². The van der Waals surface area contributed by atoms with Crippen LogP contribution in [0.15, 0.2) is 29.5 Å². The van der Waals surface area contributed by atoms with Gasteiger partial charge in [0.1, 0.15) is 12.4 Å². The Balaban J connectivity index is 1.82. The van der Waals surface area contributed by atoms with Crippen LogP contribution in [0.2, 0.25) is 5.02 Å². The van der Waals surface area contributed by atoms with E-state index in [9.17, 15) is 14.4 Å². The monoisotopic (exact) mass is 465 g/mol. The van der Waals surface area contributed by atoms with Crippen molar-refractivity contribution in [2.45, 2.75) is 19.8 Å². The molecule has 174 valence electrons. The van der Waals surface area contributed by atoms with Gasteiger partial charge in [-0.15, -0.1) is 0 Å². The highest BCUT2D eigenvalue weighted by molar-refractivity contribution is 6.33. The fourth-order valence-electron chi connectivity index (χ4n) is 3.84. The number of carbonyl (C=O) groups excluding carboxylic acids is 3. The maximum Gasteiger partial charge on any atom is 0.355 e. The molecular formula is C22H28ClN3O6. The standard InChI is InChI=1S/C22H28ClN3O6/c1-4-5-19(27)25-10-8-24(9-11-25)18-7-6-15(12-17(18)23)26-14-32-13-16(21(28)30-2)20(26)22(29)31-3/h6-7,12H,4-5,8-11,13-14H2,1-3H3. The molecule has 2 aliphatic rings. The molecule has 1 aromatic carbocycles. The Hall–Kier alpha value is -2.78. The van der Waals surface area contributed by atoms with Crippen LogP contribution < -0.4 is 9.80 Å². The van der Waals surface area contributed by atoms with Crippen LogP contribution in [0, 0.1) is 0 Å². The second kappa shape index (κ2) is 10.7. The molecule has 0 saturated carbocycles. The van der Waals surface area contributed by atoms with Crippen LogP contribution in [0.25, 0.3) is 0 Å². The second-order valence-corrected chi connectivity index (χ2v) is 7.88. The van der Waals surface area contributed by atoms with Gasteiger partial charge in [-0.1, -0.05) is 18.5 Å². The zero-order valence-electron chi connectivity index (χ0n) is 18.6. The van der Waals surface area contributed by atoms with E-state index in [0.717, 1.165) is 12.1 Å². The third-order valence-electron chi connectivity index (χ3n) is 5.51. The van der Waals surface area contributed by atoms with E-state index in [0.29, 0.717) is 43.3 Å². The minimum absolute atomic E-state index is 0.0544. The van der Waals surface area contributed by atoms with E-state index >= 15 is 0 Å². The van der Waals surface area contributed by atoms with Crippen LogP contribution in [-0.2, 0) is 28.6 Å². The summed E-state index contributed by atoms with van der Waals surface area (Å²) in [5, 5.41) is 0.491. The number of hydrogen-bond donors (Lipinski definition) is 0. The van der Waals surface area contributed by atoms with Crippen molar-refractivity contribution < 1.29 is 28.6 Å². The molecular weight excluding hydrogens is 438 g/mol. The molecule has 0 aliphatic carbocycles. The number of esters is 2. The fourth-order valence-corrected chi connectivity index (χ4v) is 4.13. The summed E-state index contributed by atoms with van der Waals surface area (Å²) >= 11 is 6.60. The van der Waals surface area contributed by atoms with Crippen molar-refractivity contribution in [3.63, 3.8) is 0 Å². The quantitative estimate of drug-likeness (QED) is 0.591. The number of rotatable bonds is 6. The number of ether oxygens (including phenoxy) is 3. The SMILES string of the molecule is CCCC(=O)N1CCN(c2ccc(N3COCC(C(=O)OC)=C3C(=O)OC)cc2Cl)CC1.